The van der Waals surface area contributed by atoms with Crippen molar-refractivity contribution >= 4 is 32.6 Å². The van der Waals surface area contributed by atoms with Gasteiger partial charge in [0.15, 0.2) is 0 Å². The summed E-state index contributed by atoms with van der Waals surface area (Å²) in [5, 5.41) is -0.492. The van der Waals surface area contributed by atoms with Gasteiger partial charge in [-0.3, -0.25) is 4.57 Å². The van der Waals surface area contributed by atoms with Gasteiger partial charge in [0.2, 0.25) is 0 Å². The van der Waals surface area contributed by atoms with Crippen LogP contribution in [0.1, 0.15) is 24.7 Å². The Bertz CT molecular complexity index is 3440. The van der Waals surface area contributed by atoms with E-state index in [2.05, 4.69) is 0 Å². The summed E-state index contributed by atoms with van der Waals surface area (Å²) < 4.78 is 159. The van der Waals surface area contributed by atoms with Crippen LogP contribution in [0.2, 0.25) is 0 Å². The van der Waals surface area contributed by atoms with Gasteiger partial charge in [0.25, 0.3) is 0 Å². The second kappa shape index (κ2) is 11.3. The van der Waals surface area contributed by atoms with Gasteiger partial charge in [-0.25, -0.2) is 4.98 Å². The zero-order valence-corrected chi connectivity index (χ0v) is 24.3. The number of hydrogen-bond donors (Lipinski definition) is 0. The van der Waals surface area contributed by atoms with Crippen LogP contribution in [-0.4, -0.2) is 9.55 Å². The third-order valence-electron chi connectivity index (χ3n) is 8.05. The number of fused-ring (bicyclic) bond motifs is 3. The summed E-state index contributed by atoms with van der Waals surface area (Å²) in [6.45, 7) is 0. The standard InChI is InChI=1S/C45H30N2/c1-3-15-31(16-4-1)32-27-29-33(30-28-32)43-35-19-7-9-21-37(35)44(38-22-10-8-20-36(38)43)39-23-11-12-24-40(39)45-46-41-25-13-14-26-42(41)47(45)34-17-5-2-6-18-34/h1-30H/i1D,2D,3D,4D,5D,6D,7D,8D,9D,10D,15D,16D,17D,18D,19D,20D,21D,22D. The molecule has 0 fully saturated rings. The lowest BCUT2D eigenvalue weighted by Crippen LogP contribution is -1.99. The Morgan fingerprint density at radius 3 is 1.60 bits per heavy atom. The quantitative estimate of drug-likeness (QED) is 0.176. The number of rotatable bonds is 5. The van der Waals surface area contributed by atoms with E-state index in [9.17, 15) is 5.48 Å². The van der Waals surface area contributed by atoms with Crippen molar-refractivity contribution < 1.29 is 24.7 Å². The van der Waals surface area contributed by atoms with Crippen LogP contribution in [0.25, 0.3) is 83.0 Å². The van der Waals surface area contributed by atoms with E-state index >= 15 is 0 Å². The minimum atomic E-state index is -0.643. The predicted octanol–water partition coefficient (Wildman–Crippen LogP) is 12.0. The van der Waals surface area contributed by atoms with Crippen molar-refractivity contribution in [3.8, 4) is 50.5 Å². The molecule has 0 spiro atoms. The molecule has 1 heterocycles. The second-order valence-electron chi connectivity index (χ2n) is 10.6. The first-order valence-electron chi connectivity index (χ1n) is 23.6. The Morgan fingerprint density at radius 1 is 0.426 bits per heavy atom. The minimum absolute atomic E-state index is 0.00853. The summed E-state index contributed by atoms with van der Waals surface area (Å²) >= 11 is 0. The molecule has 220 valence electrons. The van der Waals surface area contributed by atoms with E-state index in [1.54, 1.807) is 48.5 Å². The highest BCUT2D eigenvalue weighted by atomic mass is 15.1. The summed E-state index contributed by atoms with van der Waals surface area (Å²) in [4.78, 5) is 4.90. The zero-order chi connectivity index (χ0) is 46.8. The number of hydrogen-bond acceptors (Lipinski definition) is 1. The average molecular weight is 617 g/mol. The number of aromatic nitrogens is 2. The Balaban J connectivity index is 1.45. The van der Waals surface area contributed by atoms with Gasteiger partial charge in [-0.1, -0.05) is 157 Å². The van der Waals surface area contributed by atoms with Crippen molar-refractivity contribution in [1.82, 2.24) is 9.55 Å². The van der Waals surface area contributed by atoms with Gasteiger partial charge in [-0.05, 0) is 79.1 Å². The number of para-hydroxylation sites is 3. The molecule has 0 amide bonds. The summed E-state index contributed by atoms with van der Waals surface area (Å²) in [5.74, 6) is 0.0515. The highest BCUT2D eigenvalue weighted by Crippen LogP contribution is 2.46. The largest absolute Gasteiger partial charge is 0.292 e. The van der Waals surface area contributed by atoms with Crippen LogP contribution in [0.3, 0.4) is 0 Å². The molecule has 0 N–H and O–H groups in total. The smallest absolute Gasteiger partial charge is 0.146 e. The van der Waals surface area contributed by atoms with Crippen molar-refractivity contribution in [2.45, 2.75) is 0 Å². The van der Waals surface area contributed by atoms with Crippen molar-refractivity contribution in [3.63, 3.8) is 0 Å². The Labute approximate surface area is 299 Å². The second-order valence-corrected chi connectivity index (χ2v) is 10.6. The van der Waals surface area contributed by atoms with Crippen LogP contribution in [-0.2, 0) is 0 Å². The molecule has 0 saturated carbocycles. The third-order valence-corrected chi connectivity index (χ3v) is 8.05. The molecule has 0 aliphatic heterocycles. The van der Waals surface area contributed by atoms with Gasteiger partial charge in [-0.15, -0.1) is 0 Å². The van der Waals surface area contributed by atoms with Crippen molar-refractivity contribution in [2.24, 2.45) is 0 Å². The molecule has 9 aromatic rings. The minimum Gasteiger partial charge on any atom is -0.292 e. The van der Waals surface area contributed by atoms with Crippen LogP contribution in [0.5, 0.6) is 0 Å². The molecule has 0 saturated heterocycles. The maximum atomic E-state index is 9.48. The van der Waals surface area contributed by atoms with Crippen molar-refractivity contribution in [3.05, 3.63) is 182 Å². The summed E-state index contributed by atoms with van der Waals surface area (Å²) in [5.41, 5.74) is 1.21. The van der Waals surface area contributed by atoms with Gasteiger partial charge >= 0.3 is 0 Å². The molecule has 1 aromatic heterocycles. The van der Waals surface area contributed by atoms with Crippen LogP contribution < -0.4 is 0 Å². The highest BCUT2D eigenvalue weighted by molar-refractivity contribution is 6.22. The van der Waals surface area contributed by atoms with Gasteiger partial charge in [0.1, 0.15) is 5.82 Å². The third kappa shape index (κ3) is 4.54. The lowest BCUT2D eigenvalue weighted by atomic mass is 9.84. The molecule has 0 radical (unpaired) electrons. The molecular formula is C45H30N2. The Kier molecular flexibility index (Phi) is 3.47. The Morgan fingerprint density at radius 2 is 0.936 bits per heavy atom. The van der Waals surface area contributed by atoms with E-state index in [0.29, 0.717) is 11.0 Å². The maximum Gasteiger partial charge on any atom is 0.146 e. The van der Waals surface area contributed by atoms with Crippen molar-refractivity contribution in [1.29, 1.82) is 0 Å². The Hall–Kier alpha value is -6.25. The number of nitrogens with zero attached hydrogens (tertiary/aromatic N) is 2. The molecule has 2 nitrogen and oxygen atoms in total. The first kappa shape index (κ1) is 14.5. The number of imidazole rings is 1. The summed E-state index contributed by atoms with van der Waals surface area (Å²) in [6, 6.07) is 8.93. The van der Waals surface area contributed by atoms with E-state index in [-0.39, 0.29) is 72.0 Å². The van der Waals surface area contributed by atoms with E-state index in [0.717, 1.165) is 0 Å². The number of benzene rings is 8. The topological polar surface area (TPSA) is 17.8 Å². The van der Waals surface area contributed by atoms with Gasteiger partial charge < -0.3 is 0 Å². The van der Waals surface area contributed by atoms with Crippen LogP contribution in [0, 0.1) is 0 Å². The van der Waals surface area contributed by atoms with Gasteiger partial charge in [0, 0.05) is 11.3 Å². The molecule has 0 bridgehead atoms. The van der Waals surface area contributed by atoms with Crippen LogP contribution in [0.15, 0.2) is 182 Å². The lowest BCUT2D eigenvalue weighted by molar-refractivity contribution is 1.10. The van der Waals surface area contributed by atoms with Crippen LogP contribution >= 0.6 is 0 Å². The SMILES string of the molecule is [2H]c1c([2H])c([2H])c(-c2ccc(-c3c4c([2H])c([2H])c([2H])c([2H])c4c(-c4ccccc4-c4nc5ccccc5n4-c4c([2H])c([2H])c([2H])c([2H])c4[2H])c4c([2H])c([2H])c([2H])c([2H])c34)cc2)c([2H])c1[2H]. The van der Waals surface area contributed by atoms with E-state index < -0.39 is 109 Å². The van der Waals surface area contributed by atoms with Gasteiger partial charge in [0.05, 0.1) is 35.7 Å². The molecule has 2 heteroatoms. The molecule has 47 heavy (non-hydrogen) atoms. The zero-order valence-electron chi connectivity index (χ0n) is 42.3. The highest BCUT2D eigenvalue weighted by Gasteiger charge is 2.22. The predicted molar refractivity (Wildman–Crippen MR) is 198 cm³/mol. The molecule has 8 aromatic carbocycles. The monoisotopic (exact) mass is 616 g/mol. The lowest BCUT2D eigenvalue weighted by Gasteiger charge is -2.20. The normalized spacial score (nSPS) is 16.8. The van der Waals surface area contributed by atoms with Crippen molar-refractivity contribution in [2.75, 3.05) is 0 Å². The molecule has 0 aliphatic carbocycles. The summed E-state index contributed by atoms with van der Waals surface area (Å²) in [7, 11) is 0. The average Bonchev–Trinajstić information content (AvgIpc) is 3.69. The fraction of sp³-hybridized carbons (Fsp3) is 0. The first-order chi connectivity index (χ1) is 30.8. The van der Waals surface area contributed by atoms with E-state index in [4.69, 9.17) is 24.2 Å². The molecule has 0 unspecified atom stereocenters. The molecule has 0 aliphatic rings. The van der Waals surface area contributed by atoms with E-state index in [1.165, 1.54) is 28.8 Å². The first-order valence-corrected chi connectivity index (χ1v) is 14.6. The van der Waals surface area contributed by atoms with Crippen LogP contribution in [0.4, 0.5) is 0 Å². The molecular weight excluding hydrogens is 569 g/mol. The summed E-state index contributed by atoms with van der Waals surface area (Å²) in [6.07, 6.45) is 0. The fourth-order valence-electron chi connectivity index (χ4n) is 6.07. The molecule has 0 atom stereocenters. The molecule has 9 rings (SSSR count). The van der Waals surface area contributed by atoms with Gasteiger partial charge in [-0.2, -0.15) is 0 Å². The van der Waals surface area contributed by atoms with E-state index in [1.807, 2.05) is 0 Å². The fourth-order valence-corrected chi connectivity index (χ4v) is 6.07. The maximum absolute atomic E-state index is 9.48.